The molecule has 0 saturated carbocycles. The first kappa shape index (κ1) is 20.7. The number of methoxy groups -OCH3 is 1. The largest absolute Gasteiger partial charge is 0.497 e. The van der Waals surface area contributed by atoms with Crippen LogP contribution in [0.15, 0.2) is 42.5 Å². The number of carbonyl (C=O) groups is 2. The number of hydrogen-bond donors (Lipinski definition) is 3. The summed E-state index contributed by atoms with van der Waals surface area (Å²) in [4.78, 5) is 28.5. The summed E-state index contributed by atoms with van der Waals surface area (Å²) in [5.41, 5.74) is 1.93. The summed E-state index contributed by atoms with van der Waals surface area (Å²) in [6.45, 7) is 1.95. The molecule has 3 rings (SSSR count). The van der Waals surface area contributed by atoms with Gasteiger partial charge in [-0.1, -0.05) is 24.3 Å². The first-order chi connectivity index (χ1) is 14.0. The number of anilines is 2. The molecule has 0 bridgehead atoms. The third-order valence-corrected chi connectivity index (χ3v) is 5.07. The summed E-state index contributed by atoms with van der Waals surface area (Å²) in [7, 11) is 1.54. The number of thiazole rings is 1. The van der Waals surface area contributed by atoms with E-state index in [2.05, 4.69) is 20.9 Å². The zero-order valence-electron chi connectivity index (χ0n) is 15.9. The zero-order valence-corrected chi connectivity index (χ0v) is 17.6. The Labute approximate surface area is 177 Å². The van der Waals surface area contributed by atoms with Crippen LogP contribution >= 0.6 is 23.6 Å². The van der Waals surface area contributed by atoms with E-state index < -0.39 is 0 Å². The molecule has 0 aliphatic heterocycles. The minimum atomic E-state index is -0.332. The van der Waals surface area contributed by atoms with Crippen molar-refractivity contribution in [2.45, 2.75) is 19.8 Å². The molecule has 0 atom stereocenters. The normalized spacial score (nSPS) is 10.4. The van der Waals surface area contributed by atoms with E-state index in [0.29, 0.717) is 28.6 Å². The van der Waals surface area contributed by atoms with Crippen LogP contribution in [0.25, 0.3) is 10.2 Å². The van der Waals surface area contributed by atoms with E-state index in [4.69, 9.17) is 17.0 Å². The van der Waals surface area contributed by atoms with Gasteiger partial charge in [0.1, 0.15) is 5.75 Å². The molecular weight excluding hydrogens is 408 g/mol. The molecule has 0 spiro atoms. The predicted molar refractivity (Wildman–Crippen MR) is 120 cm³/mol. The quantitative estimate of drug-likeness (QED) is 0.511. The molecule has 3 N–H and O–H groups in total. The second-order valence-corrected chi connectivity index (χ2v) is 7.58. The second-order valence-electron chi connectivity index (χ2n) is 6.14. The lowest BCUT2D eigenvalue weighted by molar-refractivity contribution is -0.116. The number of nitrogens with zero attached hydrogens (tertiary/aromatic N) is 1. The molecule has 0 aliphatic carbocycles. The Kier molecular flexibility index (Phi) is 6.73. The van der Waals surface area contributed by atoms with E-state index in [1.807, 2.05) is 25.1 Å². The molecule has 150 valence electrons. The molecule has 0 radical (unpaired) electrons. The molecule has 7 nitrogen and oxygen atoms in total. The fourth-order valence-electron chi connectivity index (χ4n) is 2.57. The van der Waals surface area contributed by atoms with Crippen molar-refractivity contribution in [2.75, 3.05) is 17.7 Å². The molecule has 9 heteroatoms. The van der Waals surface area contributed by atoms with Crippen LogP contribution in [0.3, 0.4) is 0 Å². The van der Waals surface area contributed by atoms with Gasteiger partial charge in [0.05, 0.1) is 17.3 Å². The van der Waals surface area contributed by atoms with Gasteiger partial charge in [0, 0.05) is 17.7 Å². The number of aromatic nitrogens is 1. The van der Waals surface area contributed by atoms with Gasteiger partial charge in [-0.05, 0) is 55.0 Å². The van der Waals surface area contributed by atoms with E-state index >= 15 is 0 Å². The maximum Gasteiger partial charge on any atom is 0.257 e. The van der Waals surface area contributed by atoms with Gasteiger partial charge in [0.15, 0.2) is 10.2 Å². The van der Waals surface area contributed by atoms with Gasteiger partial charge in [0.25, 0.3) is 5.91 Å². The van der Waals surface area contributed by atoms with Crippen molar-refractivity contribution < 1.29 is 14.3 Å². The fraction of sp³-hybridized carbons (Fsp3) is 0.200. The van der Waals surface area contributed by atoms with Crippen LogP contribution in [0.4, 0.5) is 10.8 Å². The third-order valence-electron chi connectivity index (χ3n) is 3.93. The summed E-state index contributed by atoms with van der Waals surface area (Å²) in [6, 6.07) is 12.3. The number of rotatable bonds is 6. The molecule has 0 fully saturated rings. The van der Waals surface area contributed by atoms with Gasteiger partial charge in [-0.2, -0.15) is 0 Å². The van der Waals surface area contributed by atoms with Crippen LogP contribution in [0.2, 0.25) is 0 Å². The highest BCUT2D eigenvalue weighted by molar-refractivity contribution is 7.80. The van der Waals surface area contributed by atoms with Crippen LogP contribution < -0.4 is 20.7 Å². The Morgan fingerprint density at radius 3 is 2.76 bits per heavy atom. The van der Waals surface area contributed by atoms with Gasteiger partial charge < -0.3 is 15.4 Å². The molecular formula is C20H20N4O3S2. The lowest BCUT2D eigenvalue weighted by Gasteiger charge is -2.10. The summed E-state index contributed by atoms with van der Waals surface area (Å²) in [5.74, 6) is 0.210. The molecule has 1 aromatic heterocycles. The number of fused-ring (bicyclic) bond motifs is 1. The number of amides is 2. The van der Waals surface area contributed by atoms with Crippen molar-refractivity contribution in [3.63, 3.8) is 0 Å². The summed E-state index contributed by atoms with van der Waals surface area (Å²) < 4.78 is 6.02. The first-order valence-electron chi connectivity index (χ1n) is 8.95. The number of hydrogen-bond acceptors (Lipinski definition) is 6. The monoisotopic (exact) mass is 428 g/mol. The van der Waals surface area contributed by atoms with Gasteiger partial charge >= 0.3 is 0 Å². The second kappa shape index (κ2) is 9.44. The highest BCUT2D eigenvalue weighted by Gasteiger charge is 2.11. The van der Waals surface area contributed by atoms with Crippen LogP contribution in [-0.2, 0) is 4.79 Å². The van der Waals surface area contributed by atoms with E-state index in [-0.39, 0.29) is 16.9 Å². The SMILES string of the molecule is CCCC(=O)Nc1nc2ccc(NC(=S)NC(=O)c3cccc(OC)c3)cc2s1. The molecule has 2 aromatic carbocycles. The van der Waals surface area contributed by atoms with Crippen LogP contribution in [-0.4, -0.2) is 29.0 Å². The summed E-state index contributed by atoms with van der Waals surface area (Å²) >= 11 is 6.62. The summed E-state index contributed by atoms with van der Waals surface area (Å²) in [5, 5.41) is 9.18. The first-order valence-corrected chi connectivity index (χ1v) is 10.2. The number of ether oxygens (including phenoxy) is 1. The number of benzene rings is 2. The molecule has 0 unspecified atom stereocenters. The van der Waals surface area contributed by atoms with Gasteiger partial charge in [0.2, 0.25) is 5.91 Å². The Balaban J connectivity index is 1.65. The van der Waals surface area contributed by atoms with Crippen LogP contribution in [0.5, 0.6) is 5.75 Å². The minimum Gasteiger partial charge on any atom is -0.497 e. The van der Waals surface area contributed by atoms with Gasteiger partial charge in [-0.25, -0.2) is 4.98 Å². The Morgan fingerprint density at radius 2 is 2.00 bits per heavy atom. The van der Waals surface area contributed by atoms with Crippen molar-refractivity contribution in [2.24, 2.45) is 0 Å². The van der Waals surface area contributed by atoms with E-state index in [0.717, 1.165) is 16.6 Å². The van der Waals surface area contributed by atoms with Crippen LogP contribution in [0, 0.1) is 0 Å². The summed E-state index contributed by atoms with van der Waals surface area (Å²) in [6.07, 6.45) is 1.24. The van der Waals surface area contributed by atoms with Crippen molar-refractivity contribution >= 4 is 61.5 Å². The van der Waals surface area contributed by atoms with Crippen LogP contribution in [0.1, 0.15) is 30.1 Å². The zero-order chi connectivity index (χ0) is 20.8. The van der Waals surface area contributed by atoms with Crippen molar-refractivity contribution in [3.8, 4) is 5.75 Å². The Hall–Kier alpha value is -3.04. The predicted octanol–water partition coefficient (Wildman–Crippen LogP) is 4.17. The number of thiocarbonyl (C=S) groups is 1. The molecule has 1 heterocycles. The van der Waals surface area contributed by atoms with Crippen molar-refractivity contribution in [1.82, 2.24) is 10.3 Å². The molecule has 0 aliphatic rings. The third kappa shape index (κ3) is 5.49. The Bertz CT molecular complexity index is 1060. The molecule has 0 saturated heterocycles. The number of carbonyl (C=O) groups excluding carboxylic acids is 2. The number of nitrogens with one attached hydrogen (secondary N) is 3. The van der Waals surface area contributed by atoms with E-state index in [9.17, 15) is 9.59 Å². The topological polar surface area (TPSA) is 92.4 Å². The average Bonchev–Trinajstić information content (AvgIpc) is 3.09. The maximum atomic E-state index is 12.3. The smallest absolute Gasteiger partial charge is 0.257 e. The standard InChI is InChI=1S/C20H20N4O3S2/c1-3-5-17(25)23-20-22-15-9-8-13(11-16(15)29-20)21-19(28)24-18(26)12-6-4-7-14(10-12)27-2/h4,6-11H,3,5H2,1-2H3,(H,22,23,25)(H2,21,24,26,28). The van der Waals surface area contributed by atoms with E-state index in [1.54, 1.807) is 31.4 Å². The lowest BCUT2D eigenvalue weighted by Crippen LogP contribution is -2.34. The highest BCUT2D eigenvalue weighted by Crippen LogP contribution is 2.28. The highest BCUT2D eigenvalue weighted by atomic mass is 32.1. The fourth-order valence-corrected chi connectivity index (χ4v) is 3.70. The molecule has 2 amide bonds. The van der Waals surface area contributed by atoms with Gasteiger partial charge in [-0.15, -0.1) is 0 Å². The van der Waals surface area contributed by atoms with Crippen molar-refractivity contribution in [1.29, 1.82) is 0 Å². The van der Waals surface area contributed by atoms with Crippen molar-refractivity contribution in [3.05, 3.63) is 48.0 Å². The lowest BCUT2D eigenvalue weighted by atomic mass is 10.2. The van der Waals surface area contributed by atoms with Gasteiger partial charge in [-0.3, -0.25) is 14.9 Å². The van der Waals surface area contributed by atoms with E-state index in [1.165, 1.54) is 11.3 Å². The average molecular weight is 429 g/mol. The molecule has 29 heavy (non-hydrogen) atoms. The Morgan fingerprint density at radius 1 is 1.17 bits per heavy atom. The molecule has 3 aromatic rings. The minimum absolute atomic E-state index is 0.0497. The maximum absolute atomic E-state index is 12.3.